The highest BCUT2D eigenvalue weighted by molar-refractivity contribution is 5.95. The molecule has 3 rings (SSSR count). The van der Waals surface area contributed by atoms with Crippen molar-refractivity contribution < 1.29 is 9.53 Å². The van der Waals surface area contributed by atoms with Crippen LogP contribution in [-0.4, -0.2) is 51.9 Å². The lowest BCUT2D eigenvalue weighted by Crippen LogP contribution is -2.38. The lowest BCUT2D eigenvalue weighted by molar-refractivity contribution is 0.0630. The zero-order valence-corrected chi connectivity index (χ0v) is 12.0. The van der Waals surface area contributed by atoms with Crippen molar-refractivity contribution in [3.05, 3.63) is 42.5 Å². The number of hydrogen-bond donors (Lipinski definition) is 0. The molecule has 1 atom stereocenters. The summed E-state index contributed by atoms with van der Waals surface area (Å²) in [5.41, 5.74) is 1.57. The first-order valence-corrected chi connectivity index (χ1v) is 7.04. The van der Waals surface area contributed by atoms with Crippen molar-refractivity contribution in [2.45, 2.75) is 18.9 Å². The summed E-state index contributed by atoms with van der Waals surface area (Å²) in [4.78, 5) is 14.6. The van der Waals surface area contributed by atoms with Gasteiger partial charge >= 0.3 is 0 Å². The smallest absolute Gasteiger partial charge is 0.254 e. The number of ether oxygens (including phenoxy) is 1. The van der Waals surface area contributed by atoms with Gasteiger partial charge in [0.2, 0.25) is 0 Å². The van der Waals surface area contributed by atoms with Crippen LogP contribution in [0.5, 0.6) is 0 Å². The van der Waals surface area contributed by atoms with E-state index in [1.807, 2.05) is 29.2 Å². The van der Waals surface area contributed by atoms with E-state index in [2.05, 4.69) is 10.2 Å². The largest absolute Gasteiger partial charge is 0.383 e. The average Bonchev–Trinajstić information content (AvgIpc) is 3.18. The predicted molar refractivity (Wildman–Crippen MR) is 77.3 cm³/mol. The number of carbonyl (C=O) groups excluding carboxylic acids is 1. The third-order valence-corrected chi connectivity index (χ3v) is 3.81. The van der Waals surface area contributed by atoms with Crippen molar-refractivity contribution in [3.63, 3.8) is 0 Å². The Morgan fingerprint density at radius 3 is 2.95 bits per heavy atom. The third-order valence-electron chi connectivity index (χ3n) is 3.81. The maximum absolute atomic E-state index is 12.7. The maximum Gasteiger partial charge on any atom is 0.254 e. The van der Waals surface area contributed by atoms with Crippen molar-refractivity contribution in [1.29, 1.82) is 0 Å². The highest BCUT2D eigenvalue weighted by Crippen LogP contribution is 2.21. The van der Waals surface area contributed by atoms with E-state index in [1.165, 1.54) is 0 Å². The van der Waals surface area contributed by atoms with Gasteiger partial charge in [-0.1, -0.05) is 6.07 Å². The third kappa shape index (κ3) is 2.80. The first-order valence-electron chi connectivity index (χ1n) is 7.04. The van der Waals surface area contributed by atoms with Gasteiger partial charge in [-0.15, -0.1) is 10.2 Å². The van der Waals surface area contributed by atoms with E-state index in [1.54, 1.807) is 24.3 Å². The first kappa shape index (κ1) is 13.8. The molecule has 110 valence electrons. The van der Waals surface area contributed by atoms with Crippen LogP contribution in [-0.2, 0) is 4.74 Å². The topological polar surface area (TPSA) is 60.2 Å². The summed E-state index contributed by atoms with van der Waals surface area (Å²) in [5, 5.41) is 7.58. The number of carbonyl (C=O) groups is 1. The Morgan fingerprint density at radius 1 is 1.38 bits per heavy atom. The molecule has 0 spiro atoms. The molecule has 2 aromatic rings. The fourth-order valence-electron chi connectivity index (χ4n) is 2.77. The number of rotatable bonds is 4. The SMILES string of the molecule is COC[C@H]1CCCN1C(=O)c1cccc(-n2cnnc2)c1. The van der Waals surface area contributed by atoms with Crippen molar-refractivity contribution in [2.75, 3.05) is 20.3 Å². The van der Waals surface area contributed by atoms with Crippen LogP contribution in [0.1, 0.15) is 23.2 Å². The standard InChI is InChI=1S/C15H18N4O2/c1-21-9-14-6-3-7-19(14)15(20)12-4-2-5-13(8-12)18-10-16-17-11-18/h2,4-5,8,10-11,14H,3,6-7,9H2,1H3/t14-/m1/s1. The van der Waals surface area contributed by atoms with Crippen LogP contribution in [0.4, 0.5) is 0 Å². The minimum Gasteiger partial charge on any atom is -0.383 e. The van der Waals surface area contributed by atoms with Crippen LogP contribution in [0.15, 0.2) is 36.9 Å². The lowest BCUT2D eigenvalue weighted by atomic mass is 10.1. The molecular weight excluding hydrogens is 268 g/mol. The molecule has 1 aliphatic rings. The molecule has 21 heavy (non-hydrogen) atoms. The Hall–Kier alpha value is -2.21. The number of hydrogen-bond acceptors (Lipinski definition) is 4. The molecule has 0 unspecified atom stereocenters. The highest BCUT2D eigenvalue weighted by Gasteiger charge is 2.29. The fourth-order valence-corrected chi connectivity index (χ4v) is 2.77. The monoisotopic (exact) mass is 286 g/mol. The van der Waals surface area contributed by atoms with E-state index in [9.17, 15) is 4.79 Å². The number of benzene rings is 1. The van der Waals surface area contributed by atoms with Gasteiger partial charge in [-0.3, -0.25) is 9.36 Å². The van der Waals surface area contributed by atoms with E-state index in [-0.39, 0.29) is 11.9 Å². The van der Waals surface area contributed by atoms with Gasteiger partial charge in [0.05, 0.1) is 12.6 Å². The van der Waals surface area contributed by atoms with Gasteiger partial charge < -0.3 is 9.64 Å². The molecule has 0 bridgehead atoms. The van der Waals surface area contributed by atoms with Gasteiger partial charge in [0.1, 0.15) is 12.7 Å². The van der Waals surface area contributed by atoms with Gasteiger partial charge in [-0.25, -0.2) is 0 Å². The molecule has 6 heteroatoms. The van der Waals surface area contributed by atoms with Crippen LogP contribution in [0, 0.1) is 0 Å². The van der Waals surface area contributed by atoms with Crippen molar-refractivity contribution in [3.8, 4) is 5.69 Å². The highest BCUT2D eigenvalue weighted by atomic mass is 16.5. The fraction of sp³-hybridized carbons (Fsp3) is 0.400. The van der Waals surface area contributed by atoms with Gasteiger partial charge in [0, 0.05) is 24.9 Å². The zero-order valence-electron chi connectivity index (χ0n) is 12.0. The van der Waals surface area contributed by atoms with Crippen molar-refractivity contribution in [2.24, 2.45) is 0 Å². The van der Waals surface area contributed by atoms with E-state index >= 15 is 0 Å². The van der Waals surface area contributed by atoms with E-state index in [0.29, 0.717) is 12.2 Å². The van der Waals surface area contributed by atoms with Crippen LogP contribution < -0.4 is 0 Å². The van der Waals surface area contributed by atoms with E-state index < -0.39 is 0 Å². The second-order valence-electron chi connectivity index (χ2n) is 5.17. The van der Waals surface area contributed by atoms with Crippen molar-refractivity contribution >= 4 is 5.91 Å². The molecule has 1 amide bonds. The Bertz CT molecular complexity index is 612. The number of nitrogens with zero attached hydrogens (tertiary/aromatic N) is 4. The van der Waals surface area contributed by atoms with Crippen LogP contribution in [0.3, 0.4) is 0 Å². The number of amides is 1. The summed E-state index contributed by atoms with van der Waals surface area (Å²) in [6.45, 7) is 1.39. The van der Waals surface area contributed by atoms with Gasteiger partial charge in [0.25, 0.3) is 5.91 Å². The molecule has 1 aliphatic heterocycles. The van der Waals surface area contributed by atoms with E-state index in [4.69, 9.17) is 4.74 Å². The second kappa shape index (κ2) is 6.05. The minimum atomic E-state index is 0.0597. The second-order valence-corrected chi connectivity index (χ2v) is 5.17. The molecule has 1 saturated heterocycles. The summed E-state index contributed by atoms with van der Waals surface area (Å²) in [6.07, 6.45) is 5.27. The maximum atomic E-state index is 12.7. The summed E-state index contributed by atoms with van der Waals surface area (Å²) >= 11 is 0. The Morgan fingerprint density at radius 2 is 2.19 bits per heavy atom. The number of methoxy groups -OCH3 is 1. The Balaban J connectivity index is 1.83. The molecule has 1 fully saturated rings. The minimum absolute atomic E-state index is 0.0597. The molecule has 0 saturated carbocycles. The van der Waals surface area contributed by atoms with Crippen LogP contribution in [0.2, 0.25) is 0 Å². The Labute approximate surface area is 123 Å². The van der Waals surface area contributed by atoms with Gasteiger partial charge in [0.15, 0.2) is 0 Å². The zero-order chi connectivity index (χ0) is 14.7. The molecule has 1 aromatic carbocycles. The summed E-state index contributed by atoms with van der Waals surface area (Å²) in [7, 11) is 1.67. The summed E-state index contributed by atoms with van der Waals surface area (Å²) < 4.78 is 7.00. The lowest BCUT2D eigenvalue weighted by Gasteiger charge is -2.24. The summed E-state index contributed by atoms with van der Waals surface area (Å²) in [6, 6.07) is 7.70. The van der Waals surface area contributed by atoms with Crippen LogP contribution >= 0.6 is 0 Å². The quantitative estimate of drug-likeness (QED) is 0.855. The molecule has 0 radical (unpaired) electrons. The molecule has 6 nitrogen and oxygen atoms in total. The number of likely N-dealkylation sites (tertiary alicyclic amines) is 1. The average molecular weight is 286 g/mol. The molecule has 0 N–H and O–H groups in total. The van der Waals surface area contributed by atoms with Crippen LogP contribution in [0.25, 0.3) is 5.69 Å². The Kier molecular flexibility index (Phi) is 3.96. The first-order chi connectivity index (χ1) is 10.3. The van der Waals surface area contributed by atoms with Gasteiger partial charge in [-0.05, 0) is 31.0 Å². The van der Waals surface area contributed by atoms with E-state index in [0.717, 1.165) is 25.1 Å². The molecule has 1 aromatic heterocycles. The normalized spacial score (nSPS) is 18.1. The molecule has 2 heterocycles. The van der Waals surface area contributed by atoms with Crippen molar-refractivity contribution in [1.82, 2.24) is 19.7 Å². The van der Waals surface area contributed by atoms with Gasteiger partial charge in [-0.2, -0.15) is 0 Å². The number of aromatic nitrogens is 3. The molecular formula is C15H18N4O2. The predicted octanol–water partition coefficient (Wildman–Crippen LogP) is 1.52. The molecule has 0 aliphatic carbocycles. The summed E-state index contributed by atoms with van der Waals surface area (Å²) in [5.74, 6) is 0.0597.